The highest BCUT2D eigenvalue weighted by molar-refractivity contribution is 9.10. The number of rotatable bonds is 7. The third-order valence-corrected chi connectivity index (χ3v) is 4.80. The summed E-state index contributed by atoms with van der Waals surface area (Å²) in [6, 6.07) is 10.2. The molecule has 5 nitrogen and oxygen atoms in total. The van der Waals surface area contributed by atoms with Gasteiger partial charge in [-0.25, -0.2) is 0 Å². The first-order valence-corrected chi connectivity index (χ1v) is 9.08. The first-order valence-electron chi connectivity index (χ1n) is 7.91. The molecule has 7 heteroatoms. The molecular formula is C19H17BrClNO4. The Labute approximate surface area is 164 Å². The van der Waals surface area contributed by atoms with Gasteiger partial charge in [-0.2, -0.15) is 0 Å². The maximum atomic E-state index is 12.4. The lowest BCUT2D eigenvalue weighted by Gasteiger charge is -2.12. The molecule has 0 spiro atoms. The van der Waals surface area contributed by atoms with Gasteiger partial charge in [0.05, 0.1) is 30.2 Å². The van der Waals surface area contributed by atoms with Crippen molar-refractivity contribution in [3.8, 4) is 0 Å². The topological polar surface area (TPSA) is 72.5 Å². The second kappa shape index (κ2) is 9.50. The summed E-state index contributed by atoms with van der Waals surface area (Å²) in [5.74, 6) is -0.661. The molecule has 0 aliphatic rings. The highest BCUT2D eigenvalue weighted by Gasteiger charge is 2.14. The predicted octanol–water partition coefficient (Wildman–Crippen LogP) is 4.20. The standard InChI is InChI=1S/C19H17BrClNO4/c1-2-26-19(25)9-13-6-4-3-5-12(13)8-18(24)22-17-10-16(21)15(20)7-14(17)11-23/h3-7,10-11H,2,8-9H2,1H3,(H,22,24). The molecular weight excluding hydrogens is 422 g/mol. The van der Waals surface area contributed by atoms with Crippen molar-refractivity contribution < 1.29 is 19.1 Å². The molecule has 0 saturated carbocycles. The fourth-order valence-electron chi connectivity index (χ4n) is 2.41. The summed E-state index contributed by atoms with van der Waals surface area (Å²) in [6.45, 7) is 2.05. The van der Waals surface area contributed by atoms with Crippen LogP contribution in [0.2, 0.25) is 5.02 Å². The zero-order valence-electron chi connectivity index (χ0n) is 14.1. The van der Waals surface area contributed by atoms with Gasteiger partial charge in [0.25, 0.3) is 0 Å². The summed E-state index contributed by atoms with van der Waals surface area (Å²) < 4.78 is 5.53. The van der Waals surface area contributed by atoms with Crippen LogP contribution < -0.4 is 5.32 Å². The Kier molecular flexibility index (Phi) is 7.36. The molecule has 0 unspecified atom stereocenters. The SMILES string of the molecule is CCOC(=O)Cc1ccccc1CC(=O)Nc1cc(Cl)c(Br)cc1C=O. The van der Waals surface area contributed by atoms with Crippen LogP contribution in [0.4, 0.5) is 5.69 Å². The number of nitrogens with one attached hydrogen (secondary N) is 1. The van der Waals surface area contributed by atoms with Gasteiger partial charge in [0.1, 0.15) is 0 Å². The molecule has 0 aliphatic heterocycles. The quantitative estimate of drug-likeness (QED) is 0.519. The smallest absolute Gasteiger partial charge is 0.310 e. The van der Waals surface area contributed by atoms with Crippen molar-refractivity contribution in [3.63, 3.8) is 0 Å². The third kappa shape index (κ3) is 5.41. The number of halogens is 2. The lowest BCUT2D eigenvalue weighted by molar-refractivity contribution is -0.142. The Hall–Kier alpha value is -2.18. The van der Waals surface area contributed by atoms with Crippen LogP contribution in [0.1, 0.15) is 28.4 Å². The number of carbonyl (C=O) groups is 3. The number of anilines is 1. The summed E-state index contributed by atoms with van der Waals surface area (Å²) in [7, 11) is 0. The molecule has 0 saturated heterocycles. The van der Waals surface area contributed by atoms with Crippen LogP contribution in [0, 0.1) is 0 Å². The molecule has 2 rings (SSSR count). The Balaban J connectivity index is 2.15. The molecule has 0 fully saturated rings. The van der Waals surface area contributed by atoms with Crippen LogP contribution in [-0.2, 0) is 27.2 Å². The van der Waals surface area contributed by atoms with Crippen LogP contribution in [-0.4, -0.2) is 24.8 Å². The van der Waals surface area contributed by atoms with Crippen molar-refractivity contribution in [2.75, 3.05) is 11.9 Å². The van der Waals surface area contributed by atoms with Gasteiger partial charge in [-0.05, 0) is 46.1 Å². The molecule has 0 heterocycles. The van der Waals surface area contributed by atoms with Crippen molar-refractivity contribution in [3.05, 3.63) is 62.6 Å². The predicted molar refractivity (Wildman–Crippen MR) is 104 cm³/mol. The van der Waals surface area contributed by atoms with E-state index < -0.39 is 0 Å². The summed E-state index contributed by atoms with van der Waals surface area (Å²) in [5.41, 5.74) is 2.09. The number of esters is 1. The average Bonchev–Trinajstić information content (AvgIpc) is 2.59. The van der Waals surface area contributed by atoms with Gasteiger partial charge < -0.3 is 10.1 Å². The fourth-order valence-corrected chi connectivity index (χ4v) is 2.93. The van der Waals surface area contributed by atoms with E-state index in [1.54, 1.807) is 37.3 Å². The van der Waals surface area contributed by atoms with Gasteiger partial charge >= 0.3 is 5.97 Å². The lowest BCUT2D eigenvalue weighted by Crippen LogP contribution is -2.17. The number of ether oxygens (including phenoxy) is 1. The number of amides is 1. The minimum absolute atomic E-state index is 0.0571. The van der Waals surface area contributed by atoms with Crippen molar-refractivity contribution >= 4 is 51.4 Å². The highest BCUT2D eigenvalue weighted by Crippen LogP contribution is 2.28. The summed E-state index contributed by atoms with van der Waals surface area (Å²) in [6.07, 6.45) is 0.800. The number of aldehydes is 1. The monoisotopic (exact) mass is 437 g/mol. The Morgan fingerprint density at radius 1 is 1.19 bits per heavy atom. The van der Waals surface area contributed by atoms with E-state index in [1.165, 1.54) is 6.07 Å². The molecule has 0 aliphatic carbocycles. The van der Waals surface area contributed by atoms with Crippen molar-refractivity contribution in [2.24, 2.45) is 0 Å². The maximum Gasteiger partial charge on any atom is 0.310 e. The molecule has 2 aromatic carbocycles. The molecule has 136 valence electrons. The van der Waals surface area contributed by atoms with Crippen molar-refractivity contribution in [1.82, 2.24) is 0 Å². The molecule has 2 aromatic rings. The molecule has 0 bridgehead atoms. The Bertz CT molecular complexity index is 838. The van der Waals surface area contributed by atoms with Crippen LogP contribution in [0.15, 0.2) is 40.9 Å². The van der Waals surface area contributed by atoms with Crippen LogP contribution in [0.25, 0.3) is 0 Å². The van der Waals surface area contributed by atoms with Gasteiger partial charge in [0, 0.05) is 10.0 Å². The first kappa shape index (κ1) is 20.1. The summed E-state index contributed by atoms with van der Waals surface area (Å²) in [5, 5.41) is 3.08. The fraction of sp³-hybridized carbons (Fsp3) is 0.211. The van der Waals surface area contributed by atoms with Crippen molar-refractivity contribution in [2.45, 2.75) is 19.8 Å². The van der Waals surface area contributed by atoms with Crippen molar-refractivity contribution in [1.29, 1.82) is 0 Å². The van der Waals surface area contributed by atoms with Gasteiger partial charge in [-0.1, -0.05) is 35.9 Å². The summed E-state index contributed by atoms with van der Waals surface area (Å²) in [4.78, 5) is 35.3. The molecule has 1 N–H and O–H groups in total. The maximum absolute atomic E-state index is 12.4. The third-order valence-electron chi connectivity index (χ3n) is 3.60. The second-order valence-corrected chi connectivity index (χ2v) is 6.71. The van der Waals surface area contributed by atoms with E-state index in [4.69, 9.17) is 16.3 Å². The molecule has 0 atom stereocenters. The number of carbonyl (C=O) groups excluding carboxylic acids is 3. The number of hydrogen-bond acceptors (Lipinski definition) is 4. The second-order valence-electron chi connectivity index (χ2n) is 5.45. The van der Waals surface area contributed by atoms with E-state index in [-0.39, 0.29) is 24.7 Å². The molecule has 26 heavy (non-hydrogen) atoms. The highest BCUT2D eigenvalue weighted by atomic mass is 79.9. The van der Waals surface area contributed by atoms with E-state index >= 15 is 0 Å². The Morgan fingerprint density at radius 2 is 1.85 bits per heavy atom. The number of hydrogen-bond donors (Lipinski definition) is 1. The van der Waals surface area contributed by atoms with E-state index in [0.29, 0.717) is 39.2 Å². The molecule has 0 aromatic heterocycles. The average molecular weight is 439 g/mol. The van der Waals surface area contributed by atoms with E-state index in [1.807, 2.05) is 0 Å². The number of benzene rings is 2. The van der Waals surface area contributed by atoms with Crippen LogP contribution in [0.5, 0.6) is 0 Å². The molecule has 0 radical (unpaired) electrons. The van der Waals surface area contributed by atoms with Gasteiger partial charge in [0.15, 0.2) is 6.29 Å². The van der Waals surface area contributed by atoms with Gasteiger partial charge in [-0.3, -0.25) is 14.4 Å². The minimum atomic E-state index is -0.344. The molecule has 1 amide bonds. The van der Waals surface area contributed by atoms with E-state index in [9.17, 15) is 14.4 Å². The first-order chi connectivity index (χ1) is 12.4. The van der Waals surface area contributed by atoms with Crippen LogP contribution >= 0.6 is 27.5 Å². The normalized spacial score (nSPS) is 10.3. The lowest BCUT2D eigenvalue weighted by atomic mass is 10.0. The van der Waals surface area contributed by atoms with E-state index in [0.717, 1.165) is 5.56 Å². The van der Waals surface area contributed by atoms with E-state index in [2.05, 4.69) is 21.2 Å². The van der Waals surface area contributed by atoms with Gasteiger partial charge in [0.2, 0.25) is 5.91 Å². The Morgan fingerprint density at radius 3 is 2.46 bits per heavy atom. The largest absolute Gasteiger partial charge is 0.466 e. The summed E-state index contributed by atoms with van der Waals surface area (Å²) >= 11 is 9.27. The van der Waals surface area contributed by atoms with Gasteiger partial charge in [-0.15, -0.1) is 0 Å². The minimum Gasteiger partial charge on any atom is -0.466 e. The zero-order valence-corrected chi connectivity index (χ0v) is 16.4. The zero-order chi connectivity index (χ0) is 19.1. The van der Waals surface area contributed by atoms with Crippen LogP contribution in [0.3, 0.4) is 0 Å².